The number of hydrogen-bond acceptors (Lipinski definition) is 2. The average molecular weight is 286 g/mol. The van der Waals surface area contributed by atoms with E-state index >= 15 is 0 Å². The normalized spacial score (nSPS) is 10.8. The minimum absolute atomic E-state index is 0.00873. The van der Waals surface area contributed by atoms with Crippen molar-refractivity contribution in [3.63, 3.8) is 0 Å². The van der Waals surface area contributed by atoms with Crippen molar-refractivity contribution < 1.29 is 18.6 Å². The fourth-order valence-corrected chi connectivity index (χ4v) is 2.18. The van der Waals surface area contributed by atoms with Gasteiger partial charge in [0.25, 0.3) is 0 Å². The summed E-state index contributed by atoms with van der Waals surface area (Å²) in [5.74, 6) is -1.04. The van der Waals surface area contributed by atoms with Gasteiger partial charge in [-0.2, -0.15) is 0 Å². The summed E-state index contributed by atoms with van der Waals surface area (Å²) in [6.45, 7) is -0.0272. The Hall–Kier alpha value is -2.62. The second kappa shape index (κ2) is 5.40. The van der Waals surface area contributed by atoms with Gasteiger partial charge < -0.3 is 9.84 Å². The molecule has 3 aromatic rings. The van der Waals surface area contributed by atoms with E-state index in [0.717, 1.165) is 16.8 Å². The summed E-state index contributed by atoms with van der Waals surface area (Å²) in [6, 6.07) is 14.0. The molecule has 0 unspecified atom stereocenters. The molecule has 0 saturated carbocycles. The largest absolute Gasteiger partial charge is 0.504 e. The van der Waals surface area contributed by atoms with E-state index in [-0.39, 0.29) is 18.1 Å². The summed E-state index contributed by atoms with van der Waals surface area (Å²) in [7, 11) is 0. The minimum Gasteiger partial charge on any atom is -0.504 e. The highest BCUT2D eigenvalue weighted by Crippen LogP contribution is 2.31. The number of rotatable bonds is 3. The Morgan fingerprint density at radius 1 is 0.857 bits per heavy atom. The minimum atomic E-state index is -0.656. The van der Waals surface area contributed by atoms with Crippen LogP contribution in [-0.2, 0) is 6.61 Å². The maximum atomic E-state index is 13.1. The summed E-state index contributed by atoms with van der Waals surface area (Å²) < 4.78 is 31.7. The van der Waals surface area contributed by atoms with Gasteiger partial charge in [-0.15, -0.1) is 0 Å². The van der Waals surface area contributed by atoms with Crippen LogP contribution in [0.2, 0.25) is 0 Å². The Morgan fingerprint density at radius 2 is 1.48 bits per heavy atom. The number of fused-ring (bicyclic) bond motifs is 1. The van der Waals surface area contributed by atoms with Gasteiger partial charge in [0.2, 0.25) is 0 Å². The topological polar surface area (TPSA) is 29.5 Å². The molecular formula is C17H12F2O2. The molecule has 0 atom stereocenters. The van der Waals surface area contributed by atoms with Gasteiger partial charge in [0.15, 0.2) is 11.5 Å². The van der Waals surface area contributed by atoms with Crippen molar-refractivity contribution in [3.05, 3.63) is 71.8 Å². The first-order valence-electron chi connectivity index (χ1n) is 6.41. The van der Waals surface area contributed by atoms with Gasteiger partial charge in [0.05, 0.1) is 0 Å². The molecule has 0 spiro atoms. The molecule has 106 valence electrons. The number of phenols is 1. The van der Waals surface area contributed by atoms with Crippen molar-refractivity contribution in [2.24, 2.45) is 0 Å². The molecule has 0 saturated heterocycles. The molecule has 0 fully saturated rings. The molecule has 0 heterocycles. The van der Waals surface area contributed by atoms with Crippen LogP contribution in [0, 0.1) is 11.6 Å². The van der Waals surface area contributed by atoms with E-state index in [1.807, 2.05) is 24.3 Å². The van der Waals surface area contributed by atoms with E-state index in [4.69, 9.17) is 4.74 Å². The van der Waals surface area contributed by atoms with Crippen LogP contribution < -0.4 is 4.74 Å². The van der Waals surface area contributed by atoms with Crippen molar-refractivity contribution in [2.45, 2.75) is 6.61 Å². The molecule has 3 rings (SSSR count). The number of phenolic OH excluding ortho intramolecular Hbond substituents is 1. The summed E-state index contributed by atoms with van der Waals surface area (Å²) in [5.41, 5.74) is 0.361. The van der Waals surface area contributed by atoms with Gasteiger partial charge in [0, 0.05) is 6.07 Å². The molecule has 21 heavy (non-hydrogen) atoms. The predicted octanol–water partition coefficient (Wildman–Crippen LogP) is 4.40. The quantitative estimate of drug-likeness (QED) is 0.773. The Balaban J connectivity index is 1.86. The second-order valence-corrected chi connectivity index (χ2v) is 4.73. The van der Waals surface area contributed by atoms with Gasteiger partial charge in [-0.1, -0.05) is 24.3 Å². The van der Waals surface area contributed by atoms with Crippen LogP contribution in [0.5, 0.6) is 11.5 Å². The molecule has 0 aliphatic carbocycles. The summed E-state index contributed by atoms with van der Waals surface area (Å²) in [4.78, 5) is 0. The number of benzene rings is 3. The lowest BCUT2D eigenvalue weighted by molar-refractivity contribution is 0.288. The zero-order valence-electron chi connectivity index (χ0n) is 11.0. The van der Waals surface area contributed by atoms with Crippen LogP contribution in [0.1, 0.15) is 5.56 Å². The molecule has 3 aromatic carbocycles. The zero-order chi connectivity index (χ0) is 14.8. The molecule has 1 N–H and O–H groups in total. The molecule has 0 radical (unpaired) electrons. The van der Waals surface area contributed by atoms with Crippen LogP contribution in [-0.4, -0.2) is 5.11 Å². The maximum Gasteiger partial charge on any atom is 0.162 e. The third-order valence-electron chi connectivity index (χ3n) is 3.14. The molecule has 0 aliphatic rings. The SMILES string of the molecule is Oc1cc2ccccc2cc1OCc1cc(F)cc(F)c1. The average Bonchev–Trinajstić information content (AvgIpc) is 2.44. The van der Waals surface area contributed by atoms with E-state index in [9.17, 15) is 13.9 Å². The summed E-state index contributed by atoms with van der Waals surface area (Å²) >= 11 is 0. The van der Waals surface area contributed by atoms with Gasteiger partial charge in [-0.25, -0.2) is 8.78 Å². The fourth-order valence-electron chi connectivity index (χ4n) is 2.18. The third kappa shape index (κ3) is 2.94. The first-order valence-corrected chi connectivity index (χ1v) is 6.41. The lowest BCUT2D eigenvalue weighted by Gasteiger charge is -2.10. The lowest BCUT2D eigenvalue weighted by atomic mass is 10.1. The Labute approximate surface area is 120 Å². The van der Waals surface area contributed by atoms with Crippen LogP contribution in [0.25, 0.3) is 10.8 Å². The first-order chi connectivity index (χ1) is 10.1. The van der Waals surface area contributed by atoms with E-state index in [1.54, 1.807) is 12.1 Å². The van der Waals surface area contributed by atoms with E-state index in [0.29, 0.717) is 5.56 Å². The van der Waals surface area contributed by atoms with Crippen molar-refractivity contribution in [3.8, 4) is 11.5 Å². The number of ether oxygens (including phenoxy) is 1. The van der Waals surface area contributed by atoms with Crippen molar-refractivity contribution >= 4 is 10.8 Å². The highest BCUT2D eigenvalue weighted by Gasteiger charge is 2.07. The zero-order valence-corrected chi connectivity index (χ0v) is 11.0. The summed E-state index contributed by atoms with van der Waals surface area (Å²) in [6.07, 6.45) is 0. The first kappa shape index (κ1) is 13.4. The van der Waals surface area contributed by atoms with E-state index in [1.165, 1.54) is 12.1 Å². The molecule has 0 aromatic heterocycles. The molecule has 2 nitrogen and oxygen atoms in total. The van der Waals surface area contributed by atoms with Gasteiger partial charge >= 0.3 is 0 Å². The van der Waals surface area contributed by atoms with Crippen molar-refractivity contribution in [2.75, 3.05) is 0 Å². The highest BCUT2D eigenvalue weighted by molar-refractivity contribution is 5.85. The molecule has 4 heteroatoms. The van der Waals surface area contributed by atoms with Gasteiger partial charge in [-0.3, -0.25) is 0 Å². The van der Waals surface area contributed by atoms with Crippen LogP contribution in [0.3, 0.4) is 0 Å². The number of aromatic hydroxyl groups is 1. The van der Waals surface area contributed by atoms with Crippen molar-refractivity contribution in [1.29, 1.82) is 0 Å². The van der Waals surface area contributed by atoms with Crippen LogP contribution >= 0.6 is 0 Å². The number of halogens is 2. The molecule has 0 aliphatic heterocycles. The van der Waals surface area contributed by atoms with Crippen molar-refractivity contribution in [1.82, 2.24) is 0 Å². The lowest BCUT2D eigenvalue weighted by Crippen LogP contribution is -1.97. The third-order valence-corrected chi connectivity index (χ3v) is 3.14. The molecule has 0 bridgehead atoms. The fraction of sp³-hybridized carbons (Fsp3) is 0.0588. The van der Waals surface area contributed by atoms with E-state index < -0.39 is 11.6 Å². The smallest absolute Gasteiger partial charge is 0.162 e. The predicted molar refractivity (Wildman–Crippen MR) is 76.3 cm³/mol. The second-order valence-electron chi connectivity index (χ2n) is 4.73. The van der Waals surface area contributed by atoms with E-state index in [2.05, 4.69) is 0 Å². The summed E-state index contributed by atoms with van der Waals surface area (Å²) in [5, 5.41) is 11.7. The monoisotopic (exact) mass is 286 g/mol. The van der Waals surface area contributed by atoms with Crippen LogP contribution in [0.4, 0.5) is 8.78 Å². The van der Waals surface area contributed by atoms with Gasteiger partial charge in [-0.05, 0) is 40.6 Å². The number of hydrogen-bond donors (Lipinski definition) is 1. The Bertz CT molecular complexity index is 780. The maximum absolute atomic E-state index is 13.1. The molecule has 0 amide bonds. The Kier molecular flexibility index (Phi) is 3.44. The Morgan fingerprint density at radius 3 is 2.14 bits per heavy atom. The van der Waals surface area contributed by atoms with Gasteiger partial charge in [0.1, 0.15) is 18.2 Å². The highest BCUT2D eigenvalue weighted by atomic mass is 19.1. The standard InChI is InChI=1S/C17H12F2O2/c18-14-5-11(6-15(19)9-14)10-21-17-8-13-4-2-1-3-12(13)7-16(17)20/h1-9,20H,10H2. The molecular weight excluding hydrogens is 274 g/mol. The van der Waals surface area contributed by atoms with Crippen LogP contribution in [0.15, 0.2) is 54.6 Å².